The van der Waals surface area contributed by atoms with Crippen LogP contribution in [-0.4, -0.2) is 47.3 Å². The maximum absolute atomic E-state index is 11.1. The van der Waals surface area contributed by atoms with Crippen molar-refractivity contribution >= 4 is 0 Å². The van der Waals surface area contributed by atoms with Crippen LogP contribution in [0.3, 0.4) is 0 Å². The van der Waals surface area contributed by atoms with Crippen molar-refractivity contribution in [2.45, 2.75) is 149 Å². The Bertz CT molecular complexity index is 874. The first kappa shape index (κ1) is 29.9. The van der Waals surface area contributed by atoms with Crippen LogP contribution in [0.15, 0.2) is 0 Å². The summed E-state index contributed by atoms with van der Waals surface area (Å²) in [5, 5.41) is 22.0. The van der Waals surface area contributed by atoms with E-state index >= 15 is 0 Å². The first-order valence-electron chi connectivity index (χ1n) is 17.7. The van der Waals surface area contributed by atoms with E-state index in [2.05, 4.69) is 41.5 Å². The van der Waals surface area contributed by atoms with Gasteiger partial charge in [0.15, 0.2) is 0 Å². The van der Waals surface area contributed by atoms with Gasteiger partial charge in [0.2, 0.25) is 0 Å². The van der Waals surface area contributed by atoms with E-state index in [1.807, 2.05) is 0 Å². The predicted molar refractivity (Wildman–Crippen MR) is 161 cm³/mol. The standard InChI is InChI=1S/C36H62O4/c1-7-23(3)32(38)29-18-27(33(40-29)26-12-13-26)14-15-30-34(5)17-16-24(4)35(6,20-37)31(34)19-28(36(30)21-39-36)25-10-8-22(2)9-11-25/h22-33,37-38H,7-21H2,1-6H3. The van der Waals surface area contributed by atoms with Gasteiger partial charge in [-0.25, -0.2) is 0 Å². The molecule has 0 bridgehead atoms. The van der Waals surface area contributed by atoms with Crippen molar-refractivity contribution < 1.29 is 19.7 Å². The van der Waals surface area contributed by atoms with E-state index in [4.69, 9.17) is 9.47 Å². The van der Waals surface area contributed by atoms with Crippen LogP contribution in [0.5, 0.6) is 0 Å². The van der Waals surface area contributed by atoms with Crippen LogP contribution < -0.4 is 0 Å². The minimum absolute atomic E-state index is 0.000469. The summed E-state index contributed by atoms with van der Waals surface area (Å²) in [5.74, 6) is 5.59. The Balaban J connectivity index is 1.27. The van der Waals surface area contributed by atoms with E-state index in [0.717, 1.165) is 31.3 Å². The fourth-order valence-corrected chi connectivity index (χ4v) is 11.2. The molecular formula is C36H62O4. The Morgan fingerprint density at radius 1 is 0.925 bits per heavy atom. The second kappa shape index (κ2) is 11.1. The van der Waals surface area contributed by atoms with Gasteiger partial charge in [-0.3, -0.25) is 0 Å². The average Bonchev–Trinajstić information content (AvgIpc) is 3.89. The molecule has 1 spiro atoms. The minimum atomic E-state index is -0.339. The molecule has 40 heavy (non-hydrogen) atoms. The molecule has 0 aromatic carbocycles. The average molecular weight is 559 g/mol. The number of fused-ring (bicyclic) bond motifs is 1. The lowest BCUT2D eigenvalue weighted by Gasteiger charge is -2.64. The lowest BCUT2D eigenvalue weighted by Crippen LogP contribution is -2.62. The molecule has 0 aromatic rings. The number of aliphatic hydroxyl groups excluding tert-OH is 2. The normalized spacial score (nSPS) is 52.4. The summed E-state index contributed by atoms with van der Waals surface area (Å²) in [4.78, 5) is 0. The van der Waals surface area contributed by atoms with Gasteiger partial charge in [0.05, 0.1) is 30.5 Å². The summed E-state index contributed by atoms with van der Waals surface area (Å²) in [5.41, 5.74) is 0.293. The van der Waals surface area contributed by atoms with E-state index < -0.39 is 0 Å². The molecule has 0 radical (unpaired) electrons. The van der Waals surface area contributed by atoms with Gasteiger partial charge in [0.1, 0.15) is 0 Å². The fourth-order valence-electron chi connectivity index (χ4n) is 11.2. The molecule has 12 unspecified atom stereocenters. The van der Waals surface area contributed by atoms with E-state index in [9.17, 15) is 10.2 Å². The summed E-state index contributed by atoms with van der Waals surface area (Å²) < 4.78 is 13.5. The molecule has 6 fully saturated rings. The molecule has 0 aromatic heterocycles. The highest BCUT2D eigenvalue weighted by Crippen LogP contribution is 2.70. The molecule has 4 saturated carbocycles. The third kappa shape index (κ3) is 4.95. The summed E-state index contributed by atoms with van der Waals surface area (Å²) in [6.45, 7) is 15.5. The molecule has 2 N–H and O–H groups in total. The number of rotatable bonds is 9. The summed E-state index contributed by atoms with van der Waals surface area (Å²) >= 11 is 0. The van der Waals surface area contributed by atoms with Crippen LogP contribution in [0, 0.1) is 64.1 Å². The minimum Gasteiger partial charge on any atom is -0.396 e. The number of aliphatic hydroxyl groups is 2. The predicted octanol–water partition coefficient (Wildman–Crippen LogP) is 7.64. The van der Waals surface area contributed by atoms with Gasteiger partial charge in [0, 0.05) is 6.61 Å². The zero-order valence-electron chi connectivity index (χ0n) is 26.7. The third-order valence-electron chi connectivity index (χ3n) is 14.6. The monoisotopic (exact) mass is 558 g/mol. The Kier molecular flexibility index (Phi) is 8.28. The van der Waals surface area contributed by atoms with Gasteiger partial charge in [-0.15, -0.1) is 0 Å². The molecule has 6 rings (SSSR count). The second-order valence-electron chi connectivity index (χ2n) is 16.7. The van der Waals surface area contributed by atoms with Gasteiger partial charge in [0.25, 0.3) is 0 Å². The molecule has 230 valence electrons. The molecule has 2 saturated heterocycles. The van der Waals surface area contributed by atoms with Crippen LogP contribution >= 0.6 is 0 Å². The van der Waals surface area contributed by atoms with Crippen LogP contribution in [0.4, 0.5) is 0 Å². The van der Waals surface area contributed by atoms with E-state index in [1.54, 1.807) is 0 Å². The van der Waals surface area contributed by atoms with Crippen LogP contribution in [0.1, 0.15) is 125 Å². The molecule has 4 heteroatoms. The van der Waals surface area contributed by atoms with E-state index in [1.165, 1.54) is 70.6 Å². The highest BCUT2D eigenvalue weighted by atomic mass is 16.6. The van der Waals surface area contributed by atoms with Crippen LogP contribution in [0.2, 0.25) is 0 Å². The van der Waals surface area contributed by atoms with Crippen molar-refractivity contribution in [3.05, 3.63) is 0 Å². The number of epoxide rings is 1. The van der Waals surface area contributed by atoms with Gasteiger partial charge in [-0.1, -0.05) is 60.8 Å². The molecule has 4 nitrogen and oxygen atoms in total. The van der Waals surface area contributed by atoms with Crippen molar-refractivity contribution in [2.75, 3.05) is 13.2 Å². The van der Waals surface area contributed by atoms with Gasteiger partial charge >= 0.3 is 0 Å². The molecule has 0 amide bonds. The van der Waals surface area contributed by atoms with Crippen molar-refractivity contribution in [3.8, 4) is 0 Å². The first-order chi connectivity index (χ1) is 19.1. The molecule has 2 aliphatic heterocycles. The maximum Gasteiger partial charge on any atom is 0.0980 e. The van der Waals surface area contributed by atoms with Crippen molar-refractivity contribution in [1.29, 1.82) is 0 Å². The Labute approximate surface area is 245 Å². The Hall–Kier alpha value is -0.160. The zero-order chi connectivity index (χ0) is 28.4. The number of ether oxygens (including phenoxy) is 2. The quantitative estimate of drug-likeness (QED) is 0.286. The van der Waals surface area contributed by atoms with Crippen LogP contribution in [-0.2, 0) is 9.47 Å². The zero-order valence-corrected chi connectivity index (χ0v) is 26.7. The Morgan fingerprint density at radius 3 is 2.20 bits per heavy atom. The van der Waals surface area contributed by atoms with Crippen LogP contribution in [0.25, 0.3) is 0 Å². The van der Waals surface area contributed by atoms with Gasteiger partial charge in [-0.05, 0) is 128 Å². The highest BCUT2D eigenvalue weighted by Gasteiger charge is 2.71. The lowest BCUT2D eigenvalue weighted by molar-refractivity contribution is -0.178. The highest BCUT2D eigenvalue weighted by molar-refractivity contribution is 5.19. The van der Waals surface area contributed by atoms with Gasteiger partial charge in [-0.2, -0.15) is 0 Å². The summed E-state index contributed by atoms with van der Waals surface area (Å²) in [6, 6.07) is 0. The smallest absolute Gasteiger partial charge is 0.0980 e. The molecule has 4 aliphatic carbocycles. The van der Waals surface area contributed by atoms with Gasteiger partial charge < -0.3 is 19.7 Å². The molecule has 6 aliphatic rings. The topological polar surface area (TPSA) is 62.2 Å². The first-order valence-corrected chi connectivity index (χ1v) is 17.7. The SMILES string of the molecule is CCC(C)C(O)C1CC(CCC2C3(C)CCC(C)C(C)(CO)C3CC(C3CCC(C)CC3)C23CO3)C(C2CC2)O1. The van der Waals surface area contributed by atoms with E-state index in [0.29, 0.717) is 54.1 Å². The molecule has 12 atom stereocenters. The third-order valence-corrected chi connectivity index (χ3v) is 14.6. The van der Waals surface area contributed by atoms with E-state index in [-0.39, 0.29) is 28.6 Å². The van der Waals surface area contributed by atoms with Crippen molar-refractivity contribution in [2.24, 2.45) is 64.1 Å². The molecule has 2 heterocycles. The Morgan fingerprint density at radius 2 is 1.60 bits per heavy atom. The summed E-state index contributed by atoms with van der Waals surface area (Å²) in [6.07, 6.45) is 16.3. The lowest BCUT2D eigenvalue weighted by atomic mass is 9.40. The van der Waals surface area contributed by atoms with Crippen molar-refractivity contribution in [3.63, 3.8) is 0 Å². The largest absolute Gasteiger partial charge is 0.396 e. The fraction of sp³-hybridized carbons (Fsp3) is 1.00. The number of hydrogen-bond acceptors (Lipinski definition) is 4. The summed E-state index contributed by atoms with van der Waals surface area (Å²) in [7, 11) is 0. The maximum atomic E-state index is 11.1. The molecular weight excluding hydrogens is 496 g/mol. The second-order valence-corrected chi connectivity index (χ2v) is 16.7. The number of hydrogen-bond donors (Lipinski definition) is 2. The van der Waals surface area contributed by atoms with Crippen molar-refractivity contribution in [1.82, 2.24) is 0 Å².